The third-order valence-corrected chi connectivity index (χ3v) is 10.2. The number of terminal acetylenes is 1. The summed E-state index contributed by atoms with van der Waals surface area (Å²) in [4.78, 5) is 30.3. The molecule has 45 heavy (non-hydrogen) atoms. The van der Waals surface area contributed by atoms with Crippen LogP contribution in [0.2, 0.25) is 0 Å². The number of β-lactam (4-membered cyclic amide) rings is 1. The number of halogens is 2. The van der Waals surface area contributed by atoms with Crippen molar-refractivity contribution in [2.45, 2.75) is 56.0 Å². The number of nitrogens with one attached hydrogen (secondary N) is 1. The predicted molar refractivity (Wildman–Crippen MR) is 165 cm³/mol. The van der Waals surface area contributed by atoms with E-state index in [-0.39, 0.29) is 56.5 Å². The lowest BCUT2D eigenvalue weighted by atomic mass is 9.80. The molecule has 4 aliphatic heterocycles. The van der Waals surface area contributed by atoms with Crippen LogP contribution >= 0.6 is 0 Å². The van der Waals surface area contributed by atoms with Crippen molar-refractivity contribution in [2.75, 3.05) is 37.7 Å². The Morgan fingerprint density at radius 3 is 2.62 bits per heavy atom. The van der Waals surface area contributed by atoms with Gasteiger partial charge in [-0.25, -0.2) is 8.78 Å². The topological polar surface area (TPSA) is 104 Å². The molecule has 4 saturated heterocycles. The highest BCUT2D eigenvalue weighted by Crippen LogP contribution is 2.42. The summed E-state index contributed by atoms with van der Waals surface area (Å²) in [6.45, 7) is 3.66. The number of aromatic nitrogens is 3. The number of aromatic hydroxyl groups is 1. The van der Waals surface area contributed by atoms with E-state index in [1.165, 1.54) is 30.5 Å². The molecule has 2 N–H and O–H groups in total. The molecular weight excluding hydrogens is 578 g/mol. The number of carbonyl (C=O) groups excluding carboxylic acids is 1. The number of rotatable bonds is 5. The average molecular weight is 611 g/mol. The fraction of sp³-hybridized carbons (Fsp3) is 0.412. The average Bonchev–Trinajstić information content (AvgIpc) is 3.60. The molecule has 0 bridgehead atoms. The van der Waals surface area contributed by atoms with Gasteiger partial charge in [0.15, 0.2) is 5.82 Å². The Hall–Kier alpha value is -4.56. The van der Waals surface area contributed by atoms with Gasteiger partial charge in [-0.05, 0) is 75.2 Å². The van der Waals surface area contributed by atoms with E-state index in [2.05, 4.69) is 26.1 Å². The van der Waals surface area contributed by atoms with Gasteiger partial charge < -0.3 is 20.1 Å². The Labute approximate surface area is 258 Å². The fourth-order valence-corrected chi connectivity index (χ4v) is 8.07. The standard InChI is InChI=1S/C34H32F2N6O3/c1-2-22-25(35)7-6-20-14-21(43)15-23(27(20)22)29-28(36)30-24(17-37-29)31(41-11-3-8-33(18-41)16-26(44)40-33)39-32(38-30)45-19-34-9-4-12-42(34)13-5-10-34/h1,6-7,14-15,17,43H,3-5,8-13,16,18-19H2,(H,40,44). The Bertz CT molecular complexity index is 1920. The SMILES string of the molecule is C#Cc1c(F)ccc2cc(O)cc(-c3ncc4c(N5CCCC6(CC(=O)N6)C5)nc(OCC56CCCN5CCC6)nc4c3F)c12. The van der Waals surface area contributed by atoms with Crippen molar-refractivity contribution in [1.29, 1.82) is 0 Å². The van der Waals surface area contributed by atoms with Crippen LogP contribution in [0.25, 0.3) is 32.9 Å². The number of phenolic OH excluding ortho intramolecular Hbond substituents is 1. The lowest BCUT2D eigenvalue weighted by Gasteiger charge is -2.49. The number of ether oxygens (including phenoxy) is 1. The summed E-state index contributed by atoms with van der Waals surface area (Å²) in [6.07, 6.45) is 13.6. The van der Waals surface area contributed by atoms with Crippen molar-refractivity contribution in [3.63, 3.8) is 0 Å². The van der Waals surface area contributed by atoms with Gasteiger partial charge in [-0.15, -0.1) is 6.42 Å². The predicted octanol–water partition coefficient (Wildman–Crippen LogP) is 4.68. The second kappa shape index (κ2) is 10.2. The summed E-state index contributed by atoms with van der Waals surface area (Å²) in [7, 11) is 0. The van der Waals surface area contributed by atoms with Crippen molar-refractivity contribution >= 4 is 33.4 Å². The van der Waals surface area contributed by atoms with Gasteiger partial charge in [-0.1, -0.05) is 12.0 Å². The van der Waals surface area contributed by atoms with Crippen LogP contribution in [0.5, 0.6) is 11.8 Å². The number of hydrogen-bond donors (Lipinski definition) is 2. The number of phenols is 1. The maximum atomic E-state index is 16.8. The van der Waals surface area contributed by atoms with Crippen LogP contribution in [-0.4, -0.2) is 74.7 Å². The van der Waals surface area contributed by atoms with Crippen molar-refractivity contribution < 1.29 is 23.4 Å². The van der Waals surface area contributed by atoms with E-state index in [9.17, 15) is 14.3 Å². The third-order valence-electron chi connectivity index (χ3n) is 10.2. The van der Waals surface area contributed by atoms with Gasteiger partial charge in [0.1, 0.15) is 35.2 Å². The maximum absolute atomic E-state index is 16.8. The zero-order valence-corrected chi connectivity index (χ0v) is 24.7. The number of hydrogen-bond acceptors (Lipinski definition) is 8. The van der Waals surface area contributed by atoms with Gasteiger partial charge >= 0.3 is 6.01 Å². The van der Waals surface area contributed by atoms with E-state index >= 15 is 4.39 Å². The summed E-state index contributed by atoms with van der Waals surface area (Å²) in [5.74, 6) is 1.35. The number of nitrogens with zero attached hydrogens (tertiary/aromatic N) is 5. The highest BCUT2D eigenvalue weighted by atomic mass is 19.1. The Morgan fingerprint density at radius 1 is 1.09 bits per heavy atom. The number of amides is 1. The maximum Gasteiger partial charge on any atom is 0.319 e. The molecule has 8 rings (SSSR count). The van der Waals surface area contributed by atoms with Crippen LogP contribution in [0.3, 0.4) is 0 Å². The molecule has 1 unspecified atom stereocenters. The van der Waals surface area contributed by atoms with Crippen LogP contribution in [0.1, 0.15) is 50.5 Å². The lowest BCUT2D eigenvalue weighted by Crippen LogP contribution is -2.68. The first-order chi connectivity index (χ1) is 21.8. The van der Waals surface area contributed by atoms with E-state index in [1.807, 2.05) is 4.90 Å². The molecule has 0 aliphatic carbocycles. The number of piperidine rings is 1. The summed E-state index contributed by atoms with van der Waals surface area (Å²) >= 11 is 0. The molecule has 2 aromatic heterocycles. The fourth-order valence-electron chi connectivity index (χ4n) is 8.07. The number of pyridine rings is 1. The molecule has 2 aromatic carbocycles. The van der Waals surface area contributed by atoms with Gasteiger partial charge in [-0.3, -0.25) is 14.7 Å². The summed E-state index contributed by atoms with van der Waals surface area (Å²) in [6, 6.07) is 5.56. The van der Waals surface area contributed by atoms with Crippen LogP contribution in [-0.2, 0) is 4.79 Å². The zero-order valence-electron chi connectivity index (χ0n) is 24.7. The van der Waals surface area contributed by atoms with Gasteiger partial charge in [0, 0.05) is 30.2 Å². The van der Waals surface area contributed by atoms with Crippen LogP contribution in [0, 0.1) is 24.0 Å². The number of anilines is 1. The highest BCUT2D eigenvalue weighted by molar-refractivity contribution is 6.03. The molecular formula is C34H32F2N6O3. The van der Waals surface area contributed by atoms with Crippen LogP contribution < -0.4 is 15.0 Å². The number of fused-ring (bicyclic) bond motifs is 3. The third kappa shape index (κ3) is 4.45. The molecule has 9 nitrogen and oxygen atoms in total. The quantitative estimate of drug-likeness (QED) is 0.248. The van der Waals surface area contributed by atoms with Crippen LogP contribution in [0.15, 0.2) is 30.5 Å². The van der Waals surface area contributed by atoms with Crippen molar-refractivity contribution in [2.24, 2.45) is 0 Å². The van der Waals surface area contributed by atoms with E-state index in [4.69, 9.17) is 16.1 Å². The summed E-state index contributed by atoms with van der Waals surface area (Å²) in [5, 5.41) is 14.7. The molecule has 1 amide bonds. The first-order valence-electron chi connectivity index (χ1n) is 15.5. The minimum atomic E-state index is -0.759. The first-order valence-corrected chi connectivity index (χ1v) is 15.5. The van der Waals surface area contributed by atoms with Crippen molar-refractivity contribution in [3.05, 3.63) is 47.7 Å². The van der Waals surface area contributed by atoms with E-state index in [0.717, 1.165) is 51.6 Å². The molecule has 0 radical (unpaired) electrons. The van der Waals surface area contributed by atoms with Gasteiger partial charge in [-0.2, -0.15) is 9.97 Å². The van der Waals surface area contributed by atoms with E-state index in [0.29, 0.717) is 42.7 Å². The second-order valence-electron chi connectivity index (χ2n) is 12.9. The van der Waals surface area contributed by atoms with Gasteiger partial charge in [0.05, 0.1) is 28.4 Å². The Kier molecular flexibility index (Phi) is 6.36. The van der Waals surface area contributed by atoms with Crippen molar-refractivity contribution in [1.82, 2.24) is 25.2 Å². The first kappa shape index (κ1) is 28.0. The van der Waals surface area contributed by atoms with Gasteiger partial charge in [0.25, 0.3) is 0 Å². The number of benzene rings is 2. The largest absolute Gasteiger partial charge is 0.508 e. The summed E-state index contributed by atoms with van der Waals surface area (Å²) in [5.41, 5.74) is -0.432. The Morgan fingerprint density at radius 2 is 1.87 bits per heavy atom. The molecule has 1 spiro atoms. The van der Waals surface area contributed by atoms with Crippen LogP contribution in [0.4, 0.5) is 14.6 Å². The molecule has 11 heteroatoms. The minimum absolute atomic E-state index is 0.000350. The molecule has 4 fully saturated rings. The lowest BCUT2D eigenvalue weighted by molar-refractivity contribution is -0.133. The molecule has 0 saturated carbocycles. The molecule has 6 heterocycles. The highest BCUT2D eigenvalue weighted by Gasteiger charge is 2.47. The molecule has 1 atom stereocenters. The Balaban J connectivity index is 1.28. The smallest absolute Gasteiger partial charge is 0.319 e. The molecule has 230 valence electrons. The normalized spacial score (nSPS) is 22.4. The minimum Gasteiger partial charge on any atom is -0.508 e. The van der Waals surface area contributed by atoms with E-state index in [1.54, 1.807) is 0 Å². The van der Waals surface area contributed by atoms with E-state index < -0.39 is 11.6 Å². The number of carbonyl (C=O) groups is 1. The molecule has 4 aromatic rings. The van der Waals surface area contributed by atoms with Crippen molar-refractivity contribution in [3.8, 4) is 35.4 Å². The molecule has 4 aliphatic rings. The monoisotopic (exact) mass is 610 g/mol. The second-order valence-corrected chi connectivity index (χ2v) is 12.9. The van der Waals surface area contributed by atoms with Gasteiger partial charge in [0.2, 0.25) is 5.91 Å². The zero-order chi connectivity index (χ0) is 30.9. The summed E-state index contributed by atoms with van der Waals surface area (Å²) < 4.78 is 37.9.